The second-order valence-corrected chi connectivity index (χ2v) is 8.07. The summed E-state index contributed by atoms with van der Waals surface area (Å²) in [6.45, 7) is 13.7. The van der Waals surface area contributed by atoms with Crippen LogP contribution in [0.4, 0.5) is 0 Å². The molecule has 1 aliphatic carbocycles. The molecule has 0 aliphatic heterocycles. The highest BCUT2D eigenvalue weighted by atomic mass is 14.2. The molecule has 0 saturated carbocycles. The topological polar surface area (TPSA) is 0 Å². The SMILES string of the molecule is CCCC1=Cc2c(ccc(C)c2-c2cc(C(C)C)cc(C(C)C)c2)[CH]1. The molecule has 1 radical (unpaired) electrons. The third kappa shape index (κ3) is 3.59. The molecule has 0 bridgehead atoms. The Morgan fingerprint density at radius 3 is 2.08 bits per heavy atom. The van der Waals surface area contributed by atoms with Crippen molar-refractivity contribution in [1.82, 2.24) is 0 Å². The van der Waals surface area contributed by atoms with E-state index in [0.717, 1.165) is 6.42 Å². The largest absolute Gasteiger partial charge is 0.0651 e. The van der Waals surface area contributed by atoms with Crippen LogP contribution in [0.5, 0.6) is 0 Å². The average molecular weight is 332 g/mol. The number of rotatable bonds is 5. The van der Waals surface area contributed by atoms with Gasteiger partial charge in [-0.3, -0.25) is 0 Å². The fourth-order valence-electron chi connectivity index (χ4n) is 3.76. The Hall–Kier alpha value is -1.82. The van der Waals surface area contributed by atoms with Crippen molar-refractivity contribution >= 4 is 6.08 Å². The monoisotopic (exact) mass is 331 g/mol. The van der Waals surface area contributed by atoms with Crippen LogP contribution < -0.4 is 0 Å². The van der Waals surface area contributed by atoms with Crippen molar-refractivity contribution in [1.29, 1.82) is 0 Å². The standard InChI is InChI=1S/C25H31/c1-7-8-19-11-20-10-9-18(6)25(24(20)12-19)23-14-21(16(2)3)13-22(15-23)17(4)5/h9-17H,7-8H2,1-6H3. The van der Waals surface area contributed by atoms with Gasteiger partial charge >= 0.3 is 0 Å². The molecule has 0 heterocycles. The molecule has 0 spiro atoms. The lowest BCUT2D eigenvalue weighted by Gasteiger charge is -2.18. The molecular formula is C25H31. The van der Waals surface area contributed by atoms with Crippen molar-refractivity contribution in [2.75, 3.05) is 0 Å². The number of benzene rings is 2. The molecule has 0 amide bonds. The molecule has 0 heteroatoms. The zero-order valence-electron chi connectivity index (χ0n) is 16.6. The van der Waals surface area contributed by atoms with Crippen molar-refractivity contribution in [2.24, 2.45) is 0 Å². The van der Waals surface area contributed by atoms with Crippen LogP contribution in [-0.2, 0) is 0 Å². The van der Waals surface area contributed by atoms with Crippen molar-refractivity contribution in [2.45, 2.75) is 66.2 Å². The summed E-state index contributed by atoms with van der Waals surface area (Å²) in [7, 11) is 0. The molecule has 2 aromatic rings. The molecule has 0 atom stereocenters. The molecule has 0 fully saturated rings. The van der Waals surface area contributed by atoms with E-state index in [0.29, 0.717) is 11.8 Å². The minimum absolute atomic E-state index is 0.548. The Balaban J connectivity index is 2.19. The predicted molar refractivity (Wildman–Crippen MR) is 111 cm³/mol. The molecule has 2 aromatic carbocycles. The van der Waals surface area contributed by atoms with Gasteiger partial charge in [0.2, 0.25) is 0 Å². The van der Waals surface area contributed by atoms with E-state index in [-0.39, 0.29) is 0 Å². The number of aryl methyl sites for hydroxylation is 1. The molecule has 3 rings (SSSR count). The second kappa shape index (κ2) is 7.20. The van der Waals surface area contributed by atoms with Gasteiger partial charge in [-0.05, 0) is 64.1 Å². The highest BCUT2D eigenvalue weighted by Gasteiger charge is 2.19. The van der Waals surface area contributed by atoms with Crippen molar-refractivity contribution in [3.05, 3.63) is 70.1 Å². The molecule has 25 heavy (non-hydrogen) atoms. The van der Waals surface area contributed by atoms with Crippen LogP contribution >= 0.6 is 0 Å². The van der Waals surface area contributed by atoms with Gasteiger partial charge in [0.05, 0.1) is 0 Å². The van der Waals surface area contributed by atoms with E-state index in [1.165, 1.54) is 50.9 Å². The molecular weight excluding hydrogens is 300 g/mol. The summed E-state index contributed by atoms with van der Waals surface area (Å²) in [5.74, 6) is 1.10. The van der Waals surface area contributed by atoms with Gasteiger partial charge in [0.1, 0.15) is 0 Å². The molecule has 0 nitrogen and oxygen atoms in total. The Labute approximate surface area is 154 Å². The fourth-order valence-corrected chi connectivity index (χ4v) is 3.76. The maximum absolute atomic E-state index is 2.41. The number of hydrogen-bond acceptors (Lipinski definition) is 0. The van der Waals surface area contributed by atoms with Gasteiger partial charge in [-0.2, -0.15) is 0 Å². The van der Waals surface area contributed by atoms with Crippen LogP contribution in [0.3, 0.4) is 0 Å². The van der Waals surface area contributed by atoms with Gasteiger partial charge in [0.15, 0.2) is 0 Å². The van der Waals surface area contributed by atoms with Crippen LogP contribution in [0.15, 0.2) is 35.9 Å². The van der Waals surface area contributed by atoms with Crippen LogP contribution in [0.2, 0.25) is 0 Å². The third-order valence-corrected chi connectivity index (χ3v) is 5.30. The fraction of sp³-hybridized carbons (Fsp3) is 0.400. The normalized spacial score (nSPS) is 13.5. The van der Waals surface area contributed by atoms with Crippen LogP contribution in [0.25, 0.3) is 17.2 Å². The summed E-state index contributed by atoms with van der Waals surface area (Å²) in [6.07, 6.45) is 7.15. The Morgan fingerprint density at radius 1 is 0.880 bits per heavy atom. The van der Waals surface area contributed by atoms with E-state index in [4.69, 9.17) is 0 Å². The first kappa shape index (κ1) is 18.0. The lowest BCUT2D eigenvalue weighted by Crippen LogP contribution is -1.97. The first-order chi connectivity index (χ1) is 11.9. The summed E-state index contributed by atoms with van der Waals surface area (Å²) in [5, 5.41) is 0. The van der Waals surface area contributed by atoms with E-state index in [2.05, 4.69) is 84.4 Å². The lowest BCUT2D eigenvalue weighted by atomic mass is 9.87. The van der Waals surface area contributed by atoms with E-state index in [1.807, 2.05) is 0 Å². The van der Waals surface area contributed by atoms with Crippen molar-refractivity contribution in [3.63, 3.8) is 0 Å². The number of fused-ring (bicyclic) bond motifs is 1. The maximum atomic E-state index is 2.41. The van der Waals surface area contributed by atoms with Crippen LogP contribution in [0, 0.1) is 13.3 Å². The molecule has 0 unspecified atom stereocenters. The van der Waals surface area contributed by atoms with E-state index in [1.54, 1.807) is 0 Å². The van der Waals surface area contributed by atoms with Crippen LogP contribution in [0.1, 0.15) is 87.1 Å². The van der Waals surface area contributed by atoms with Crippen LogP contribution in [-0.4, -0.2) is 0 Å². The van der Waals surface area contributed by atoms with Gasteiger partial charge in [-0.25, -0.2) is 0 Å². The molecule has 1 aliphatic rings. The lowest BCUT2D eigenvalue weighted by molar-refractivity contribution is 0.834. The molecule has 0 N–H and O–H groups in total. The zero-order valence-corrected chi connectivity index (χ0v) is 16.6. The van der Waals surface area contributed by atoms with E-state index in [9.17, 15) is 0 Å². The summed E-state index contributed by atoms with van der Waals surface area (Å²) in [5.41, 5.74) is 11.3. The Kier molecular flexibility index (Phi) is 5.18. The van der Waals surface area contributed by atoms with Crippen molar-refractivity contribution < 1.29 is 0 Å². The quantitative estimate of drug-likeness (QED) is 0.527. The minimum atomic E-state index is 0.548. The summed E-state index contributed by atoms with van der Waals surface area (Å²) < 4.78 is 0. The summed E-state index contributed by atoms with van der Waals surface area (Å²) >= 11 is 0. The van der Waals surface area contributed by atoms with Gasteiger partial charge in [0, 0.05) is 6.42 Å². The third-order valence-electron chi connectivity index (χ3n) is 5.30. The highest BCUT2D eigenvalue weighted by Crippen LogP contribution is 2.40. The number of allylic oxidation sites excluding steroid dienone is 1. The second-order valence-electron chi connectivity index (χ2n) is 8.07. The van der Waals surface area contributed by atoms with Gasteiger partial charge in [0.25, 0.3) is 0 Å². The minimum Gasteiger partial charge on any atom is -0.0651 e. The number of hydrogen-bond donors (Lipinski definition) is 0. The molecule has 0 aromatic heterocycles. The Morgan fingerprint density at radius 2 is 1.52 bits per heavy atom. The maximum Gasteiger partial charge on any atom is 0.0164 e. The molecule has 131 valence electrons. The highest BCUT2D eigenvalue weighted by molar-refractivity contribution is 5.85. The predicted octanol–water partition coefficient (Wildman–Crippen LogP) is 7.66. The Bertz CT molecular complexity index is 777. The zero-order chi connectivity index (χ0) is 18.1. The molecule has 0 saturated heterocycles. The van der Waals surface area contributed by atoms with Gasteiger partial charge < -0.3 is 0 Å². The summed E-state index contributed by atoms with van der Waals surface area (Å²) in [6, 6.07) is 11.8. The smallest absolute Gasteiger partial charge is 0.0164 e. The van der Waals surface area contributed by atoms with Crippen molar-refractivity contribution in [3.8, 4) is 11.1 Å². The first-order valence-corrected chi connectivity index (χ1v) is 9.74. The van der Waals surface area contributed by atoms with Gasteiger partial charge in [-0.15, -0.1) is 0 Å². The first-order valence-electron chi connectivity index (χ1n) is 9.74. The summed E-state index contributed by atoms with van der Waals surface area (Å²) in [4.78, 5) is 0. The van der Waals surface area contributed by atoms with E-state index >= 15 is 0 Å². The van der Waals surface area contributed by atoms with E-state index < -0.39 is 0 Å². The van der Waals surface area contributed by atoms with Gasteiger partial charge in [-0.1, -0.05) is 83.0 Å². The average Bonchev–Trinajstić information content (AvgIpc) is 2.97.